The van der Waals surface area contributed by atoms with E-state index in [4.69, 9.17) is 0 Å². The molecule has 0 aromatic heterocycles. The number of benzene rings is 1. The van der Waals surface area contributed by atoms with E-state index in [1.807, 2.05) is 6.92 Å². The minimum atomic E-state index is -4.28. The minimum absolute atomic E-state index is 0.225. The van der Waals surface area contributed by atoms with Crippen LogP contribution in [0.25, 0.3) is 0 Å². The molecule has 0 bridgehead atoms. The van der Waals surface area contributed by atoms with Crippen molar-refractivity contribution in [3.05, 3.63) is 29.8 Å². The van der Waals surface area contributed by atoms with E-state index in [1.54, 1.807) is 6.07 Å². The van der Waals surface area contributed by atoms with Crippen molar-refractivity contribution in [1.82, 2.24) is 4.90 Å². The summed E-state index contributed by atoms with van der Waals surface area (Å²) in [6, 6.07) is 5.46. The van der Waals surface area contributed by atoms with Crippen molar-refractivity contribution in [2.45, 2.75) is 30.5 Å². The number of thioether (sulfide) groups is 1. The number of nitrogens with zero attached hydrogens (tertiary/aromatic N) is 1. The van der Waals surface area contributed by atoms with Crippen molar-refractivity contribution in [2.24, 2.45) is 5.92 Å². The molecule has 0 aliphatic carbocycles. The molecule has 1 aliphatic heterocycles. The number of hydrogen-bond acceptors (Lipinski definition) is 3. The molecular formula is C15H20F3NOS. The summed E-state index contributed by atoms with van der Waals surface area (Å²) in [7, 11) is 0. The first-order valence-electron chi connectivity index (χ1n) is 7.07. The third-order valence-electron chi connectivity index (χ3n) is 3.78. The summed E-state index contributed by atoms with van der Waals surface area (Å²) in [5.74, 6) is 1.02. The van der Waals surface area contributed by atoms with Gasteiger partial charge in [0.05, 0.1) is 11.7 Å². The van der Waals surface area contributed by atoms with Gasteiger partial charge in [-0.25, -0.2) is 0 Å². The highest BCUT2D eigenvalue weighted by molar-refractivity contribution is 7.99. The summed E-state index contributed by atoms with van der Waals surface area (Å²) in [4.78, 5) is 2.91. The topological polar surface area (TPSA) is 23.5 Å². The lowest BCUT2D eigenvalue weighted by molar-refractivity contribution is -0.137. The second-order valence-corrected chi connectivity index (χ2v) is 6.68. The van der Waals surface area contributed by atoms with Crippen LogP contribution in [0, 0.1) is 5.92 Å². The summed E-state index contributed by atoms with van der Waals surface area (Å²) in [6.45, 7) is 4.56. The number of likely N-dealkylation sites (tertiary alicyclic amines) is 1. The lowest BCUT2D eigenvalue weighted by atomic mass is 9.97. The quantitative estimate of drug-likeness (QED) is 0.859. The van der Waals surface area contributed by atoms with Crippen molar-refractivity contribution in [2.75, 3.05) is 25.4 Å². The summed E-state index contributed by atoms with van der Waals surface area (Å²) >= 11 is 1.44. The molecule has 1 saturated heterocycles. The molecule has 6 heteroatoms. The summed E-state index contributed by atoms with van der Waals surface area (Å²) < 4.78 is 37.9. The molecule has 2 atom stereocenters. The Bertz CT molecular complexity index is 466. The molecular weight excluding hydrogens is 299 g/mol. The fraction of sp³-hybridized carbons (Fsp3) is 0.600. The Morgan fingerprint density at radius 1 is 1.38 bits per heavy atom. The average Bonchev–Trinajstić information content (AvgIpc) is 2.42. The van der Waals surface area contributed by atoms with E-state index in [2.05, 4.69) is 4.90 Å². The molecule has 1 aromatic rings. The van der Waals surface area contributed by atoms with Crippen molar-refractivity contribution in [1.29, 1.82) is 0 Å². The van der Waals surface area contributed by atoms with Gasteiger partial charge in [-0.15, -0.1) is 11.8 Å². The Morgan fingerprint density at radius 2 is 2.14 bits per heavy atom. The second kappa shape index (κ2) is 7.03. The number of alkyl halides is 3. The third-order valence-corrected chi connectivity index (χ3v) is 4.76. The van der Waals surface area contributed by atoms with Gasteiger partial charge < -0.3 is 10.0 Å². The van der Waals surface area contributed by atoms with Gasteiger partial charge in [-0.1, -0.05) is 13.0 Å². The molecule has 1 aliphatic rings. The fourth-order valence-corrected chi connectivity index (χ4v) is 3.45. The molecule has 0 radical (unpaired) electrons. The van der Waals surface area contributed by atoms with Gasteiger partial charge in [0.25, 0.3) is 0 Å². The van der Waals surface area contributed by atoms with Crippen molar-refractivity contribution in [3.63, 3.8) is 0 Å². The molecule has 1 N–H and O–H groups in total. The van der Waals surface area contributed by atoms with E-state index < -0.39 is 11.7 Å². The van der Waals surface area contributed by atoms with E-state index in [0.717, 1.165) is 37.9 Å². The van der Waals surface area contributed by atoms with E-state index in [9.17, 15) is 18.3 Å². The fourth-order valence-electron chi connectivity index (χ4n) is 2.48. The normalized spacial score (nSPS) is 24.2. The van der Waals surface area contributed by atoms with Gasteiger partial charge in [0.2, 0.25) is 0 Å². The zero-order chi connectivity index (χ0) is 15.5. The van der Waals surface area contributed by atoms with Gasteiger partial charge in [-0.3, -0.25) is 0 Å². The molecule has 2 unspecified atom stereocenters. The van der Waals surface area contributed by atoms with Crippen LogP contribution < -0.4 is 0 Å². The van der Waals surface area contributed by atoms with Crippen molar-refractivity contribution >= 4 is 11.8 Å². The molecule has 0 saturated carbocycles. The van der Waals surface area contributed by atoms with Crippen LogP contribution in [-0.4, -0.2) is 41.5 Å². The third kappa shape index (κ3) is 4.90. The lowest BCUT2D eigenvalue weighted by Gasteiger charge is -2.34. The summed E-state index contributed by atoms with van der Waals surface area (Å²) in [5.41, 5.74) is -0.595. The zero-order valence-electron chi connectivity index (χ0n) is 11.9. The standard InChI is InChI=1S/C15H20F3NOS/c1-11-10-19(6-5-14(11)20)7-8-21-13-4-2-3-12(9-13)15(16,17)18/h2-4,9,11,14,20H,5-8,10H2,1H3. The lowest BCUT2D eigenvalue weighted by Crippen LogP contribution is -2.42. The maximum atomic E-state index is 12.6. The molecule has 118 valence electrons. The number of rotatable bonds is 4. The molecule has 1 aromatic carbocycles. The summed E-state index contributed by atoms with van der Waals surface area (Å²) in [5, 5.41) is 9.67. The van der Waals surface area contributed by atoms with Crippen LogP contribution in [0.5, 0.6) is 0 Å². The molecule has 0 amide bonds. The molecule has 1 heterocycles. The van der Waals surface area contributed by atoms with Gasteiger partial charge in [0, 0.05) is 30.3 Å². The SMILES string of the molecule is CC1CN(CCSc2cccc(C(F)(F)F)c2)CCC1O. The van der Waals surface area contributed by atoms with Gasteiger partial charge in [-0.2, -0.15) is 13.2 Å². The van der Waals surface area contributed by atoms with Gasteiger partial charge in [-0.05, 0) is 30.5 Å². The van der Waals surface area contributed by atoms with Crippen LogP contribution >= 0.6 is 11.8 Å². The van der Waals surface area contributed by atoms with Crippen LogP contribution in [0.3, 0.4) is 0 Å². The number of piperidine rings is 1. The highest BCUT2D eigenvalue weighted by atomic mass is 32.2. The Labute approximate surface area is 127 Å². The number of hydrogen-bond donors (Lipinski definition) is 1. The first kappa shape index (κ1) is 16.6. The van der Waals surface area contributed by atoms with E-state index in [-0.39, 0.29) is 12.0 Å². The van der Waals surface area contributed by atoms with Crippen molar-refractivity contribution < 1.29 is 18.3 Å². The van der Waals surface area contributed by atoms with Gasteiger partial charge >= 0.3 is 6.18 Å². The zero-order valence-corrected chi connectivity index (χ0v) is 12.8. The van der Waals surface area contributed by atoms with Crippen molar-refractivity contribution in [3.8, 4) is 0 Å². The first-order chi connectivity index (χ1) is 9.86. The molecule has 1 fully saturated rings. The predicted molar refractivity (Wildman–Crippen MR) is 78.4 cm³/mol. The molecule has 2 nitrogen and oxygen atoms in total. The summed E-state index contributed by atoms with van der Waals surface area (Å²) in [6.07, 6.45) is -3.73. The highest BCUT2D eigenvalue weighted by Crippen LogP contribution is 2.31. The molecule has 21 heavy (non-hydrogen) atoms. The number of aliphatic hydroxyl groups is 1. The monoisotopic (exact) mass is 319 g/mol. The number of halogens is 3. The maximum Gasteiger partial charge on any atom is 0.416 e. The predicted octanol–water partition coefficient (Wildman–Crippen LogP) is 3.50. The Hall–Kier alpha value is -0.720. The van der Waals surface area contributed by atoms with Crippen LogP contribution in [-0.2, 0) is 6.18 Å². The number of aliphatic hydroxyl groups excluding tert-OH is 1. The van der Waals surface area contributed by atoms with E-state index >= 15 is 0 Å². The highest BCUT2D eigenvalue weighted by Gasteiger charge is 2.30. The smallest absolute Gasteiger partial charge is 0.393 e. The minimum Gasteiger partial charge on any atom is -0.393 e. The van der Waals surface area contributed by atoms with Gasteiger partial charge in [0.1, 0.15) is 0 Å². The van der Waals surface area contributed by atoms with E-state index in [1.165, 1.54) is 23.9 Å². The first-order valence-corrected chi connectivity index (χ1v) is 8.05. The average molecular weight is 319 g/mol. The molecule has 2 rings (SSSR count). The van der Waals surface area contributed by atoms with E-state index in [0.29, 0.717) is 4.90 Å². The Balaban J connectivity index is 1.81. The van der Waals surface area contributed by atoms with Crippen LogP contribution in [0.4, 0.5) is 13.2 Å². The largest absolute Gasteiger partial charge is 0.416 e. The Morgan fingerprint density at radius 3 is 2.81 bits per heavy atom. The van der Waals surface area contributed by atoms with Crippen LogP contribution in [0.1, 0.15) is 18.9 Å². The second-order valence-electron chi connectivity index (χ2n) is 5.51. The maximum absolute atomic E-state index is 12.6. The van der Waals surface area contributed by atoms with Gasteiger partial charge in [0.15, 0.2) is 0 Å². The van der Waals surface area contributed by atoms with Crippen LogP contribution in [0.15, 0.2) is 29.2 Å². The molecule has 0 spiro atoms. The van der Waals surface area contributed by atoms with Crippen LogP contribution in [0.2, 0.25) is 0 Å². The Kier molecular flexibility index (Phi) is 5.57.